The molecule has 156 valence electrons. The Hall–Kier alpha value is -3.81. The highest BCUT2D eigenvalue weighted by Crippen LogP contribution is 2.43. The first-order valence-electron chi connectivity index (χ1n) is 10.2. The zero-order valence-electron chi connectivity index (χ0n) is 17.4. The van der Waals surface area contributed by atoms with Gasteiger partial charge in [-0.1, -0.05) is 12.1 Å². The molecule has 0 bridgehead atoms. The van der Waals surface area contributed by atoms with Crippen LogP contribution in [-0.2, 0) is 13.7 Å². The van der Waals surface area contributed by atoms with E-state index in [9.17, 15) is 4.79 Å². The van der Waals surface area contributed by atoms with Gasteiger partial charge in [-0.25, -0.2) is 14.8 Å². The van der Waals surface area contributed by atoms with E-state index in [4.69, 9.17) is 4.74 Å². The zero-order chi connectivity index (χ0) is 21.4. The fourth-order valence-corrected chi connectivity index (χ4v) is 3.74. The van der Waals surface area contributed by atoms with E-state index in [0.29, 0.717) is 18.3 Å². The van der Waals surface area contributed by atoms with Gasteiger partial charge in [-0.2, -0.15) is 9.36 Å². The van der Waals surface area contributed by atoms with Gasteiger partial charge in [-0.15, -0.1) is 0 Å². The molecular weight excluding hydrogens is 392 g/mol. The standard InChI is InChI=1S/C23H22N6O2/c1-15-13-17(22-24-11-4-12-25-22)9-10-21(15)31-14-19-18(16-7-8-16)5-3-6-20(19)29-23(30)28(2)26-27-29/h3-6,9-13,16H,7-8,14H2,1-2H3. The van der Waals surface area contributed by atoms with Crippen molar-refractivity contribution in [3.63, 3.8) is 0 Å². The van der Waals surface area contributed by atoms with Crippen molar-refractivity contribution in [3.8, 4) is 22.8 Å². The van der Waals surface area contributed by atoms with E-state index in [2.05, 4.69) is 26.5 Å². The Kier molecular flexibility index (Phi) is 4.82. The van der Waals surface area contributed by atoms with E-state index in [1.807, 2.05) is 37.3 Å². The number of aromatic nitrogens is 6. The first-order chi connectivity index (χ1) is 15.1. The van der Waals surface area contributed by atoms with E-state index >= 15 is 0 Å². The smallest absolute Gasteiger partial charge is 0.368 e. The summed E-state index contributed by atoms with van der Waals surface area (Å²) in [5.74, 6) is 1.97. The molecule has 1 fully saturated rings. The third-order valence-corrected chi connectivity index (χ3v) is 5.53. The molecule has 2 heterocycles. The number of rotatable bonds is 6. The van der Waals surface area contributed by atoms with Crippen LogP contribution in [0.5, 0.6) is 5.75 Å². The lowest BCUT2D eigenvalue weighted by molar-refractivity contribution is 0.302. The maximum atomic E-state index is 12.5. The molecule has 2 aromatic carbocycles. The van der Waals surface area contributed by atoms with Crippen LogP contribution in [-0.4, -0.2) is 29.8 Å². The van der Waals surface area contributed by atoms with Crippen molar-refractivity contribution in [1.82, 2.24) is 29.8 Å². The van der Waals surface area contributed by atoms with Crippen molar-refractivity contribution in [2.75, 3.05) is 0 Å². The lowest BCUT2D eigenvalue weighted by Crippen LogP contribution is -2.23. The van der Waals surface area contributed by atoms with Gasteiger partial charge in [0.2, 0.25) is 0 Å². The molecule has 0 spiro atoms. The Morgan fingerprint density at radius 1 is 1.06 bits per heavy atom. The molecular formula is C23H22N6O2. The van der Waals surface area contributed by atoms with Crippen molar-refractivity contribution in [2.45, 2.75) is 32.3 Å². The molecule has 8 nitrogen and oxygen atoms in total. The predicted molar refractivity (Wildman–Crippen MR) is 115 cm³/mol. The lowest BCUT2D eigenvalue weighted by Gasteiger charge is -2.16. The molecule has 0 saturated heterocycles. The fraction of sp³-hybridized carbons (Fsp3) is 0.261. The quantitative estimate of drug-likeness (QED) is 0.482. The highest BCUT2D eigenvalue weighted by molar-refractivity contribution is 5.58. The molecule has 31 heavy (non-hydrogen) atoms. The van der Waals surface area contributed by atoms with Gasteiger partial charge in [0.25, 0.3) is 0 Å². The summed E-state index contributed by atoms with van der Waals surface area (Å²) < 4.78 is 8.80. The zero-order valence-corrected chi connectivity index (χ0v) is 17.4. The predicted octanol–water partition coefficient (Wildman–Crippen LogP) is 3.19. The Morgan fingerprint density at radius 2 is 1.87 bits per heavy atom. The maximum absolute atomic E-state index is 12.5. The molecule has 0 aliphatic heterocycles. The normalized spacial score (nSPS) is 13.4. The summed E-state index contributed by atoms with van der Waals surface area (Å²) in [6.45, 7) is 2.34. The van der Waals surface area contributed by atoms with Crippen molar-refractivity contribution in [3.05, 3.63) is 82.0 Å². The number of hydrogen-bond acceptors (Lipinski definition) is 6. The summed E-state index contributed by atoms with van der Waals surface area (Å²) >= 11 is 0. The Labute approximate surface area is 179 Å². The van der Waals surface area contributed by atoms with Crippen LogP contribution in [0.2, 0.25) is 0 Å². The van der Waals surface area contributed by atoms with Crippen LogP contribution in [0, 0.1) is 6.92 Å². The summed E-state index contributed by atoms with van der Waals surface area (Å²) in [5, 5.41) is 7.89. The van der Waals surface area contributed by atoms with E-state index < -0.39 is 0 Å². The number of benzene rings is 2. The van der Waals surface area contributed by atoms with Crippen molar-refractivity contribution in [1.29, 1.82) is 0 Å². The average Bonchev–Trinajstić information content (AvgIpc) is 3.59. The van der Waals surface area contributed by atoms with Crippen LogP contribution in [0.15, 0.2) is 59.7 Å². The Bertz CT molecular complexity index is 1290. The largest absolute Gasteiger partial charge is 0.489 e. The number of ether oxygens (including phenoxy) is 1. The lowest BCUT2D eigenvalue weighted by atomic mass is 10.0. The first-order valence-corrected chi connectivity index (χ1v) is 10.2. The summed E-state index contributed by atoms with van der Waals surface area (Å²) in [4.78, 5) is 21.1. The minimum atomic E-state index is -0.280. The SMILES string of the molecule is Cc1cc(-c2ncccn2)ccc1OCc1c(C2CC2)cccc1-n1nnn(C)c1=O. The van der Waals surface area contributed by atoms with Gasteiger partial charge in [0, 0.05) is 30.6 Å². The van der Waals surface area contributed by atoms with E-state index in [1.54, 1.807) is 25.5 Å². The third kappa shape index (κ3) is 3.72. The molecule has 1 aliphatic rings. The number of tetrazole rings is 1. The summed E-state index contributed by atoms with van der Waals surface area (Å²) in [6.07, 6.45) is 5.76. The van der Waals surface area contributed by atoms with Crippen molar-refractivity contribution in [2.24, 2.45) is 7.05 Å². The highest BCUT2D eigenvalue weighted by Gasteiger charge is 2.28. The van der Waals surface area contributed by atoms with Crippen LogP contribution in [0.3, 0.4) is 0 Å². The molecule has 0 atom stereocenters. The maximum Gasteiger partial charge on any atom is 0.368 e. The number of hydrogen-bond donors (Lipinski definition) is 0. The fourth-order valence-electron chi connectivity index (χ4n) is 3.74. The second kappa shape index (κ2) is 7.79. The van der Waals surface area contributed by atoms with Crippen LogP contribution in [0.1, 0.15) is 35.4 Å². The third-order valence-electron chi connectivity index (χ3n) is 5.53. The number of nitrogens with zero attached hydrogens (tertiary/aromatic N) is 6. The molecule has 1 saturated carbocycles. The van der Waals surface area contributed by atoms with Gasteiger partial charge >= 0.3 is 5.69 Å². The molecule has 5 rings (SSSR count). The van der Waals surface area contributed by atoms with Crippen LogP contribution in [0.4, 0.5) is 0 Å². The molecule has 8 heteroatoms. The minimum absolute atomic E-state index is 0.280. The highest BCUT2D eigenvalue weighted by atomic mass is 16.5. The van der Waals surface area contributed by atoms with Gasteiger partial charge in [-0.3, -0.25) is 0 Å². The first kappa shape index (κ1) is 19.2. The molecule has 0 N–H and O–H groups in total. The van der Waals surface area contributed by atoms with E-state index in [0.717, 1.165) is 41.0 Å². The van der Waals surface area contributed by atoms with E-state index in [1.165, 1.54) is 14.9 Å². The molecule has 1 aliphatic carbocycles. The molecule has 0 radical (unpaired) electrons. The second-order valence-corrected chi connectivity index (χ2v) is 7.76. The van der Waals surface area contributed by atoms with Crippen molar-refractivity contribution >= 4 is 0 Å². The topological polar surface area (TPSA) is 87.7 Å². The average molecular weight is 414 g/mol. The van der Waals surface area contributed by atoms with E-state index in [-0.39, 0.29) is 5.69 Å². The summed E-state index contributed by atoms with van der Waals surface area (Å²) in [5.41, 5.74) is 4.55. The van der Waals surface area contributed by atoms with Crippen LogP contribution < -0.4 is 10.4 Å². The summed E-state index contributed by atoms with van der Waals surface area (Å²) in [7, 11) is 1.59. The van der Waals surface area contributed by atoms with Crippen LogP contribution in [0.25, 0.3) is 17.1 Å². The second-order valence-electron chi connectivity index (χ2n) is 7.76. The molecule has 0 unspecified atom stereocenters. The molecule has 4 aromatic rings. The van der Waals surface area contributed by atoms with Crippen LogP contribution >= 0.6 is 0 Å². The van der Waals surface area contributed by atoms with Gasteiger partial charge in [-0.05, 0) is 77.6 Å². The monoisotopic (exact) mass is 414 g/mol. The Balaban J connectivity index is 1.47. The van der Waals surface area contributed by atoms with Gasteiger partial charge in [0.15, 0.2) is 5.82 Å². The molecule has 0 amide bonds. The Morgan fingerprint density at radius 3 is 2.55 bits per heavy atom. The van der Waals surface area contributed by atoms with Gasteiger partial charge in [0.1, 0.15) is 12.4 Å². The van der Waals surface area contributed by atoms with Gasteiger partial charge < -0.3 is 4.74 Å². The van der Waals surface area contributed by atoms with Gasteiger partial charge in [0.05, 0.1) is 5.69 Å². The summed E-state index contributed by atoms with van der Waals surface area (Å²) in [6, 6.07) is 13.7. The minimum Gasteiger partial charge on any atom is -0.489 e. The molecule has 2 aromatic heterocycles. The van der Waals surface area contributed by atoms with Crippen molar-refractivity contribution < 1.29 is 4.74 Å². The number of aryl methyl sites for hydroxylation is 2.